The molecule has 4 heteroatoms. The van der Waals surface area contributed by atoms with Crippen molar-refractivity contribution in [2.24, 2.45) is 0 Å². The van der Waals surface area contributed by atoms with Crippen LogP contribution in [0.2, 0.25) is 0 Å². The lowest BCUT2D eigenvalue weighted by atomic mass is 10.1. The van der Waals surface area contributed by atoms with Crippen molar-refractivity contribution in [1.82, 2.24) is 0 Å². The molecular weight excluding hydrogens is 341 g/mol. The number of carboxylic acid groups (broad SMARTS) is 1. The van der Waals surface area contributed by atoms with Gasteiger partial charge in [-0.25, -0.2) is 4.79 Å². The van der Waals surface area contributed by atoms with Gasteiger partial charge in [0, 0.05) is 9.26 Å². The van der Waals surface area contributed by atoms with Crippen molar-refractivity contribution in [3.8, 4) is 0 Å². The molecule has 2 N–H and O–H groups in total. The predicted octanol–water partition coefficient (Wildman–Crippen LogP) is 3.53. The molecule has 92 valence electrons. The summed E-state index contributed by atoms with van der Waals surface area (Å²) in [5, 5.41) is 12.3. The Labute approximate surface area is 119 Å². The van der Waals surface area contributed by atoms with Gasteiger partial charge in [0.1, 0.15) is 0 Å². The summed E-state index contributed by atoms with van der Waals surface area (Å²) in [6.45, 7) is 0. The van der Waals surface area contributed by atoms with Crippen LogP contribution in [0, 0.1) is 3.57 Å². The maximum absolute atomic E-state index is 11.3. The number of nitrogens with one attached hydrogen (secondary N) is 1. The van der Waals surface area contributed by atoms with Crippen LogP contribution < -0.4 is 5.32 Å². The molecule has 1 unspecified atom stereocenters. The summed E-state index contributed by atoms with van der Waals surface area (Å²) >= 11 is 2.20. The van der Waals surface area contributed by atoms with E-state index in [0.29, 0.717) is 0 Å². The Kier molecular flexibility index (Phi) is 4.19. The van der Waals surface area contributed by atoms with Crippen molar-refractivity contribution in [2.45, 2.75) is 6.04 Å². The molecule has 2 aromatic carbocycles. The van der Waals surface area contributed by atoms with Crippen LogP contribution in [0.15, 0.2) is 54.6 Å². The molecule has 2 aromatic rings. The van der Waals surface area contributed by atoms with Crippen molar-refractivity contribution in [2.75, 3.05) is 5.32 Å². The van der Waals surface area contributed by atoms with Crippen LogP contribution in [-0.2, 0) is 4.79 Å². The molecular formula is C14H12INO2. The van der Waals surface area contributed by atoms with Crippen LogP contribution in [0.25, 0.3) is 0 Å². The molecule has 2 rings (SSSR count). The summed E-state index contributed by atoms with van der Waals surface area (Å²) < 4.78 is 1.06. The fourth-order valence-electron chi connectivity index (χ4n) is 1.68. The second kappa shape index (κ2) is 5.86. The van der Waals surface area contributed by atoms with Gasteiger partial charge in [-0.05, 0) is 46.4 Å². The summed E-state index contributed by atoms with van der Waals surface area (Å²) in [5.41, 5.74) is 1.54. The van der Waals surface area contributed by atoms with E-state index in [-0.39, 0.29) is 0 Å². The third-order valence-corrected chi connectivity index (χ3v) is 3.19. The number of aliphatic carboxylic acids is 1. The quantitative estimate of drug-likeness (QED) is 0.827. The van der Waals surface area contributed by atoms with Crippen molar-refractivity contribution >= 4 is 34.2 Å². The van der Waals surface area contributed by atoms with Gasteiger partial charge in [-0.1, -0.05) is 36.4 Å². The van der Waals surface area contributed by atoms with Gasteiger partial charge < -0.3 is 10.4 Å². The van der Waals surface area contributed by atoms with Crippen molar-refractivity contribution in [3.63, 3.8) is 0 Å². The Hall–Kier alpha value is -1.56. The number of halogens is 1. The summed E-state index contributed by atoms with van der Waals surface area (Å²) in [5.74, 6) is -0.889. The highest BCUT2D eigenvalue weighted by Gasteiger charge is 2.18. The minimum absolute atomic E-state index is 0.732. The molecule has 1 atom stereocenters. The summed E-state index contributed by atoms with van der Waals surface area (Å²) in [6.07, 6.45) is 0. The number of carboxylic acids is 1. The van der Waals surface area contributed by atoms with Gasteiger partial charge in [0.05, 0.1) is 0 Å². The molecule has 0 bridgehead atoms. The monoisotopic (exact) mass is 353 g/mol. The van der Waals surface area contributed by atoms with Gasteiger partial charge in [0.2, 0.25) is 0 Å². The van der Waals surface area contributed by atoms with Gasteiger partial charge in [-0.2, -0.15) is 0 Å². The van der Waals surface area contributed by atoms with E-state index in [9.17, 15) is 9.90 Å². The van der Waals surface area contributed by atoms with E-state index in [1.165, 1.54) is 0 Å². The van der Waals surface area contributed by atoms with E-state index in [2.05, 4.69) is 27.9 Å². The molecule has 18 heavy (non-hydrogen) atoms. The zero-order valence-electron chi connectivity index (χ0n) is 9.51. The third-order valence-electron chi connectivity index (χ3n) is 2.52. The van der Waals surface area contributed by atoms with Crippen LogP contribution >= 0.6 is 22.6 Å². The van der Waals surface area contributed by atoms with Gasteiger partial charge >= 0.3 is 5.97 Å². The molecule has 0 spiro atoms. The van der Waals surface area contributed by atoms with Crippen LogP contribution in [0.3, 0.4) is 0 Å². The first-order chi connectivity index (χ1) is 8.66. The lowest BCUT2D eigenvalue weighted by Gasteiger charge is -2.16. The lowest BCUT2D eigenvalue weighted by Crippen LogP contribution is -2.20. The minimum Gasteiger partial charge on any atom is -0.479 e. The molecule has 0 amide bonds. The van der Waals surface area contributed by atoms with E-state index < -0.39 is 12.0 Å². The van der Waals surface area contributed by atoms with Crippen LogP contribution in [0.4, 0.5) is 5.69 Å². The molecule has 0 aliphatic carbocycles. The summed E-state index contributed by atoms with van der Waals surface area (Å²) in [6, 6.07) is 16.1. The maximum Gasteiger partial charge on any atom is 0.330 e. The highest BCUT2D eigenvalue weighted by Crippen LogP contribution is 2.21. The number of carbonyl (C=O) groups is 1. The Balaban J connectivity index is 2.25. The first kappa shape index (κ1) is 12.9. The topological polar surface area (TPSA) is 49.3 Å². The third kappa shape index (κ3) is 3.22. The fourth-order valence-corrected chi connectivity index (χ4v) is 2.22. The SMILES string of the molecule is O=C(O)C(Nc1cccc(I)c1)c1ccccc1. The van der Waals surface area contributed by atoms with E-state index in [4.69, 9.17) is 0 Å². The summed E-state index contributed by atoms with van der Waals surface area (Å²) in [7, 11) is 0. The van der Waals surface area contributed by atoms with E-state index in [1.807, 2.05) is 42.5 Å². The van der Waals surface area contributed by atoms with Crippen LogP contribution in [0.5, 0.6) is 0 Å². The predicted molar refractivity (Wildman–Crippen MR) is 79.6 cm³/mol. The fraction of sp³-hybridized carbons (Fsp3) is 0.0714. The molecule has 0 heterocycles. The van der Waals surface area contributed by atoms with Gasteiger partial charge in [0.15, 0.2) is 6.04 Å². The van der Waals surface area contributed by atoms with Crippen molar-refractivity contribution in [1.29, 1.82) is 0 Å². The highest BCUT2D eigenvalue weighted by molar-refractivity contribution is 14.1. The normalized spacial score (nSPS) is 11.8. The van der Waals surface area contributed by atoms with Crippen molar-refractivity contribution in [3.05, 3.63) is 63.7 Å². The van der Waals surface area contributed by atoms with Gasteiger partial charge in [0.25, 0.3) is 0 Å². The number of benzene rings is 2. The van der Waals surface area contributed by atoms with E-state index in [1.54, 1.807) is 12.1 Å². The molecule has 0 aliphatic heterocycles. The summed E-state index contributed by atoms with van der Waals surface area (Å²) in [4.78, 5) is 11.3. The zero-order chi connectivity index (χ0) is 13.0. The second-order valence-electron chi connectivity index (χ2n) is 3.84. The first-order valence-electron chi connectivity index (χ1n) is 5.46. The molecule has 0 fully saturated rings. The number of anilines is 1. The molecule has 0 saturated carbocycles. The Morgan fingerprint density at radius 3 is 2.44 bits per heavy atom. The zero-order valence-corrected chi connectivity index (χ0v) is 11.7. The number of hydrogen-bond donors (Lipinski definition) is 2. The highest BCUT2D eigenvalue weighted by atomic mass is 127. The van der Waals surface area contributed by atoms with Gasteiger partial charge in [-0.15, -0.1) is 0 Å². The van der Waals surface area contributed by atoms with Crippen LogP contribution in [-0.4, -0.2) is 11.1 Å². The molecule has 3 nitrogen and oxygen atoms in total. The minimum atomic E-state index is -0.889. The standard InChI is InChI=1S/C14H12INO2/c15-11-7-4-8-12(9-11)16-13(14(17)18)10-5-2-1-3-6-10/h1-9,13,16H,(H,17,18). The Morgan fingerprint density at radius 1 is 1.11 bits per heavy atom. The largest absolute Gasteiger partial charge is 0.479 e. The molecule has 0 aliphatic rings. The van der Waals surface area contributed by atoms with Crippen molar-refractivity contribution < 1.29 is 9.90 Å². The van der Waals surface area contributed by atoms with E-state index >= 15 is 0 Å². The molecule has 0 radical (unpaired) electrons. The molecule has 0 saturated heterocycles. The number of hydrogen-bond acceptors (Lipinski definition) is 2. The van der Waals surface area contributed by atoms with Gasteiger partial charge in [-0.3, -0.25) is 0 Å². The van der Waals surface area contributed by atoms with E-state index in [0.717, 1.165) is 14.8 Å². The second-order valence-corrected chi connectivity index (χ2v) is 5.08. The first-order valence-corrected chi connectivity index (χ1v) is 6.54. The Morgan fingerprint density at radius 2 is 1.83 bits per heavy atom. The molecule has 0 aromatic heterocycles. The average molecular weight is 353 g/mol. The number of rotatable bonds is 4. The average Bonchev–Trinajstić information content (AvgIpc) is 2.37. The lowest BCUT2D eigenvalue weighted by molar-refractivity contribution is -0.138. The van der Waals surface area contributed by atoms with Crippen LogP contribution in [0.1, 0.15) is 11.6 Å². The smallest absolute Gasteiger partial charge is 0.330 e. The Bertz CT molecular complexity index is 543. The maximum atomic E-state index is 11.3.